The van der Waals surface area contributed by atoms with Crippen LogP contribution in [-0.4, -0.2) is 44.1 Å². The number of fused-ring (bicyclic) bond motifs is 2. The summed E-state index contributed by atoms with van der Waals surface area (Å²) in [5.41, 5.74) is 0.874. The third-order valence-corrected chi connectivity index (χ3v) is 4.51. The molecule has 2 aliphatic heterocycles. The summed E-state index contributed by atoms with van der Waals surface area (Å²) in [7, 11) is 1.85. The first-order valence-corrected chi connectivity index (χ1v) is 7.41. The SMILES string of the molecule is Cn1c(-c2cccnc2)nn([C@@H]2CC(=O)[C@@H]3OC[C@H]2O3)c1=S. The second-order valence-corrected chi connectivity index (χ2v) is 5.79. The van der Waals surface area contributed by atoms with E-state index in [1.54, 1.807) is 17.1 Å². The molecule has 0 unspecified atom stereocenters. The van der Waals surface area contributed by atoms with E-state index < -0.39 is 6.29 Å². The van der Waals surface area contributed by atoms with Gasteiger partial charge in [-0.1, -0.05) is 0 Å². The minimum Gasteiger partial charge on any atom is -0.343 e. The van der Waals surface area contributed by atoms with Crippen LogP contribution in [-0.2, 0) is 21.3 Å². The zero-order valence-electron chi connectivity index (χ0n) is 11.9. The minimum absolute atomic E-state index is 0.0609. The maximum absolute atomic E-state index is 12.0. The number of ketones is 1. The fourth-order valence-corrected chi connectivity index (χ4v) is 3.15. The Morgan fingerprint density at radius 3 is 3.09 bits per heavy atom. The molecule has 2 aromatic rings. The largest absolute Gasteiger partial charge is 0.343 e. The average molecular weight is 318 g/mol. The van der Waals surface area contributed by atoms with Crippen molar-refractivity contribution in [1.82, 2.24) is 19.3 Å². The second-order valence-electron chi connectivity index (χ2n) is 5.43. The average Bonchev–Trinajstić information content (AvgIpc) is 3.09. The van der Waals surface area contributed by atoms with E-state index in [0.29, 0.717) is 23.6 Å². The molecule has 4 heterocycles. The molecule has 22 heavy (non-hydrogen) atoms. The van der Waals surface area contributed by atoms with Gasteiger partial charge in [-0.15, -0.1) is 0 Å². The zero-order chi connectivity index (χ0) is 15.3. The molecule has 0 aromatic carbocycles. The van der Waals surface area contributed by atoms with Gasteiger partial charge in [0, 0.05) is 31.4 Å². The number of hydrogen-bond acceptors (Lipinski definition) is 6. The molecule has 0 radical (unpaired) electrons. The molecule has 7 nitrogen and oxygen atoms in total. The van der Waals surface area contributed by atoms with Gasteiger partial charge in [0.15, 0.2) is 16.4 Å². The van der Waals surface area contributed by atoms with Gasteiger partial charge in [-0.2, -0.15) is 5.10 Å². The molecule has 0 saturated carbocycles. The van der Waals surface area contributed by atoms with Crippen molar-refractivity contribution in [2.75, 3.05) is 6.61 Å². The summed E-state index contributed by atoms with van der Waals surface area (Å²) in [5.74, 6) is 0.654. The summed E-state index contributed by atoms with van der Waals surface area (Å²) in [6.45, 7) is 0.391. The van der Waals surface area contributed by atoms with Gasteiger partial charge in [0.1, 0.15) is 6.10 Å². The smallest absolute Gasteiger partial charge is 0.218 e. The van der Waals surface area contributed by atoms with Crippen LogP contribution in [0.2, 0.25) is 0 Å². The van der Waals surface area contributed by atoms with Crippen molar-refractivity contribution < 1.29 is 14.3 Å². The summed E-state index contributed by atoms with van der Waals surface area (Å²) < 4.78 is 15.0. The molecule has 2 aromatic heterocycles. The molecule has 4 rings (SSSR count). The monoisotopic (exact) mass is 318 g/mol. The molecule has 0 amide bonds. The van der Waals surface area contributed by atoms with E-state index in [1.807, 2.05) is 23.7 Å². The van der Waals surface area contributed by atoms with Crippen molar-refractivity contribution in [3.63, 3.8) is 0 Å². The maximum Gasteiger partial charge on any atom is 0.218 e. The fourth-order valence-electron chi connectivity index (χ4n) is 2.89. The topological polar surface area (TPSA) is 71.2 Å². The van der Waals surface area contributed by atoms with Crippen molar-refractivity contribution in [2.24, 2.45) is 7.05 Å². The van der Waals surface area contributed by atoms with E-state index in [0.717, 1.165) is 5.56 Å². The summed E-state index contributed by atoms with van der Waals surface area (Å²) in [4.78, 5) is 16.1. The quantitative estimate of drug-likeness (QED) is 0.777. The normalized spacial score (nSPS) is 27.3. The van der Waals surface area contributed by atoms with E-state index in [1.165, 1.54) is 0 Å². The Labute approximate surface area is 131 Å². The van der Waals surface area contributed by atoms with Crippen molar-refractivity contribution in [2.45, 2.75) is 24.9 Å². The number of pyridine rings is 1. The first kappa shape index (κ1) is 13.7. The van der Waals surface area contributed by atoms with Crippen LogP contribution in [0.25, 0.3) is 11.4 Å². The fraction of sp³-hybridized carbons (Fsp3) is 0.429. The van der Waals surface area contributed by atoms with E-state index in [-0.39, 0.29) is 17.9 Å². The Balaban J connectivity index is 1.77. The van der Waals surface area contributed by atoms with Crippen LogP contribution in [0.15, 0.2) is 24.5 Å². The Hall–Kier alpha value is -1.90. The number of ether oxygens (including phenoxy) is 2. The molecular formula is C14H14N4O3S. The molecular weight excluding hydrogens is 304 g/mol. The molecule has 3 atom stereocenters. The van der Waals surface area contributed by atoms with Crippen LogP contribution in [0.5, 0.6) is 0 Å². The summed E-state index contributed by atoms with van der Waals surface area (Å²) in [6.07, 6.45) is 2.87. The second kappa shape index (κ2) is 5.08. The number of aromatic nitrogens is 4. The number of Topliss-reactive ketones (excluding diaryl/α,β-unsaturated/α-hetero) is 1. The Kier molecular flexibility index (Phi) is 3.17. The predicted octanol–water partition coefficient (Wildman–Crippen LogP) is 1.27. The molecule has 2 saturated heterocycles. The minimum atomic E-state index is -0.711. The standard InChI is InChI=1S/C14H14N4O3S/c1-17-12(8-3-2-4-15-6-8)16-18(14(17)22)9-5-10(19)13-20-7-11(9)21-13/h2-4,6,9,11,13H,5,7H2,1H3/t9-,11-,13-/m1/s1. The molecule has 0 aliphatic carbocycles. The maximum atomic E-state index is 12.0. The van der Waals surface area contributed by atoms with Crippen molar-refractivity contribution in [3.05, 3.63) is 29.3 Å². The third-order valence-electron chi connectivity index (χ3n) is 4.05. The van der Waals surface area contributed by atoms with E-state index >= 15 is 0 Å². The molecule has 2 aliphatic rings. The lowest BCUT2D eigenvalue weighted by Gasteiger charge is -2.26. The molecule has 0 N–H and O–H groups in total. The lowest BCUT2D eigenvalue weighted by atomic mass is 10.0. The van der Waals surface area contributed by atoms with Crippen LogP contribution in [0.3, 0.4) is 0 Å². The number of carbonyl (C=O) groups excluding carboxylic acids is 1. The van der Waals surface area contributed by atoms with Gasteiger partial charge < -0.3 is 14.0 Å². The van der Waals surface area contributed by atoms with E-state index in [4.69, 9.17) is 21.7 Å². The number of carbonyl (C=O) groups is 1. The van der Waals surface area contributed by atoms with Gasteiger partial charge in [0.05, 0.1) is 12.6 Å². The highest BCUT2D eigenvalue weighted by Gasteiger charge is 2.45. The lowest BCUT2D eigenvalue weighted by Crippen LogP contribution is -2.37. The lowest BCUT2D eigenvalue weighted by molar-refractivity contribution is -0.156. The summed E-state index contributed by atoms with van der Waals surface area (Å²) in [5, 5.41) is 4.60. The van der Waals surface area contributed by atoms with Crippen molar-refractivity contribution >= 4 is 18.0 Å². The van der Waals surface area contributed by atoms with Crippen LogP contribution in [0, 0.1) is 4.77 Å². The number of hydrogen-bond donors (Lipinski definition) is 0. The van der Waals surface area contributed by atoms with E-state index in [9.17, 15) is 4.79 Å². The first-order valence-electron chi connectivity index (χ1n) is 7.01. The highest BCUT2D eigenvalue weighted by molar-refractivity contribution is 7.71. The van der Waals surface area contributed by atoms with Gasteiger partial charge in [0.2, 0.25) is 6.29 Å². The molecule has 114 valence electrons. The molecule has 2 bridgehead atoms. The molecule has 8 heteroatoms. The van der Waals surface area contributed by atoms with Crippen molar-refractivity contribution in [3.8, 4) is 11.4 Å². The van der Waals surface area contributed by atoms with Gasteiger partial charge in [0.25, 0.3) is 0 Å². The van der Waals surface area contributed by atoms with Gasteiger partial charge in [-0.25, -0.2) is 4.68 Å². The van der Waals surface area contributed by atoms with E-state index in [2.05, 4.69) is 10.1 Å². The number of rotatable bonds is 2. The third kappa shape index (κ3) is 2.03. The van der Waals surface area contributed by atoms with Gasteiger partial charge >= 0.3 is 0 Å². The van der Waals surface area contributed by atoms with Crippen LogP contribution >= 0.6 is 12.2 Å². The predicted molar refractivity (Wildman–Crippen MR) is 78.5 cm³/mol. The van der Waals surface area contributed by atoms with Crippen molar-refractivity contribution in [1.29, 1.82) is 0 Å². The highest BCUT2D eigenvalue weighted by atomic mass is 32.1. The Bertz CT molecular complexity index is 785. The van der Waals surface area contributed by atoms with Crippen LogP contribution in [0.4, 0.5) is 0 Å². The number of nitrogens with zero attached hydrogens (tertiary/aromatic N) is 4. The van der Waals surface area contributed by atoms with Crippen LogP contribution in [0.1, 0.15) is 12.5 Å². The van der Waals surface area contributed by atoms with Gasteiger partial charge in [-0.3, -0.25) is 9.78 Å². The highest BCUT2D eigenvalue weighted by Crippen LogP contribution is 2.33. The Morgan fingerprint density at radius 1 is 1.45 bits per heavy atom. The first-order chi connectivity index (χ1) is 10.6. The zero-order valence-corrected chi connectivity index (χ0v) is 12.7. The molecule has 0 spiro atoms. The molecule has 2 fully saturated rings. The van der Waals surface area contributed by atoms with Gasteiger partial charge in [-0.05, 0) is 24.4 Å². The Morgan fingerprint density at radius 2 is 2.32 bits per heavy atom. The van der Waals surface area contributed by atoms with Crippen LogP contribution < -0.4 is 0 Å². The summed E-state index contributed by atoms with van der Waals surface area (Å²) in [6, 6.07) is 3.54. The summed E-state index contributed by atoms with van der Waals surface area (Å²) >= 11 is 5.48.